The third kappa shape index (κ3) is 3.19. The average Bonchev–Trinajstić information content (AvgIpc) is 2.60. The summed E-state index contributed by atoms with van der Waals surface area (Å²) in [6.45, 7) is 0.862. The predicted octanol–water partition coefficient (Wildman–Crippen LogP) is 3.79. The number of hydrogen-bond acceptors (Lipinski definition) is 4. The minimum absolute atomic E-state index is 0.269. The van der Waals surface area contributed by atoms with Crippen molar-refractivity contribution in [1.82, 2.24) is 0 Å². The van der Waals surface area contributed by atoms with Gasteiger partial charge in [0, 0.05) is 16.8 Å². The maximum Gasteiger partial charge on any atom is 0.326 e. The average molecular weight is 349 g/mol. The zero-order valence-electron chi connectivity index (χ0n) is 13.3. The van der Waals surface area contributed by atoms with Crippen LogP contribution in [0.5, 0.6) is 17.2 Å². The quantitative estimate of drug-likeness (QED) is 0.916. The van der Waals surface area contributed by atoms with Gasteiger partial charge in [0.25, 0.3) is 0 Å². The molecular weight excluding hydrogens is 332 g/mol. The standard InChI is InChI=1S/C17H17ClN2O4/c1-22-15-6-4-12(10-16(15)23-2)19-17(21)20-7-8-24-14-5-3-11(18)9-13(14)20/h3-6,9-10H,7-8H2,1-2H3,(H,19,21). The molecule has 0 fully saturated rings. The van der Waals surface area contributed by atoms with Crippen LogP contribution in [0.25, 0.3) is 0 Å². The number of anilines is 2. The number of urea groups is 1. The van der Waals surface area contributed by atoms with E-state index in [2.05, 4.69) is 5.32 Å². The highest BCUT2D eigenvalue weighted by molar-refractivity contribution is 6.31. The van der Waals surface area contributed by atoms with Crippen molar-refractivity contribution in [3.8, 4) is 17.2 Å². The molecule has 0 radical (unpaired) electrons. The number of nitrogens with zero attached hydrogens (tertiary/aromatic N) is 1. The Labute approximate surface area is 144 Å². The van der Waals surface area contributed by atoms with Gasteiger partial charge in [-0.2, -0.15) is 0 Å². The van der Waals surface area contributed by atoms with Gasteiger partial charge in [0.05, 0.1) is 26.5 Å². The molecule has 6 nitrogen and oxygen atoms in total. The number of benzene rings is 2. The molecule has 2 aromatic rings. The van der Waals surface area contributed by atoms with Crippen molar-refractivity contribution in [3.05, 3.63) is 41.4 Å². The number of carbonyl (C=O) groups excluding carboxylic acids is 1. The summed E-state index contributed by atoms with van der Waals surface area (Å²) in [4.78, 5) is 14.2. The Morgan fingerprint density at radius 2 is 1.96 bits per heavy atom. The first kappa shape index (κ1) is 16.3. The van der Waals surface area contributed by atoms with Crippen LogP contribution < -0.4 is 24.4 Å². The minimum Gasteiger partial charge on any atom is -0.493 e. The molecule has 3 rings (SSSR count). The van der Waals surface area contributed by atoms with Crippen molar-refractivity contribution in [2.45, 2.75) is 0 Å². The molecule has 0 aliphatic carbocycles. The smallest absolute Gasteiger partial charge is 0.326 e. The monoisotopic (exact) mass is 348 g/mol. The number of halogens is 1. The second-order valence-electron chi connectivity index (χ2n) is 5.11. The molecule has 0 saturated carbocycles. The maximum atomic E-state index is 12.6. The second kappa shape index (κ2) is 6.88. The molecule has 7 heteroatoms. The van der Waals surface area contributed by atoms with Gasteiger partial charge in [-0.3, -0.25) is 4.90 Å². The fourth-order valence-electron chi connectivity index (χ4n) is 2.51. The largest absolute Gasteiger partial charge is 0.493 e. The lowest BCUT2D eigenvalue weighted by Crippen LogP contribution is -2.40. The Morgan fingerprint density at radius 3 is 2.71 bits per heavy atom. The highest BCUT2D eigenvalue weighted by Gasteiger charge is 2.24. The first-order valence-corrected chi connectivity index (χ1v) is 7.73. The molecule has 0 aromatic heterocycles. The molecular formula is C17H17ClN2O4. The first-order valence-electron chi connectivity index (χ1n) is 7.35. The van der Waals surface area contributed by atoms with Crippen LogP contribution in [0.2, 0.25) is 5.02 Å². The third-order valence-electron chi connectivity index (χ3n) is 3.66. The Kier molecular flexibility index (Phi) is 4.66. The molecule has 1 aliphatic rings. The zero-order valence-corrected chi connectivity index (χ0v) is 14.1. The number of amides is 2. The van der Waals surface area contributed by atoms with E-state index >= 15 is 0 Å². The van der Waals surface area contributed by atoms with E-state index in [4.69, 9.17) is 25.8 Å². The SMILES string of the molecule is COc1ccc(NC(=O)N2CCOc3ccc(Cl)cc32)cc1OC. The Bertz CT molecular complexity index is 766. The first-order chi connectivity index (χ1) is 11.6. The Hall–Kier alpha value is -2.60. The van der Waals surface area contributed by atoms with Crippen molar-refractivity contribution in [2.24, 2.45) is 0 Å². The number of methoxy groups -OCH3 is 2. The van der Waals surface area contributed by atoms with Crippen LogP contribution in [-0.4, -0.2) is 33.4 Å². The summed E-state index contributed by atoms with van der Waals surface area (Å²) >= 11 is 6.04. The number of carbonyl (C=O) groups is 1. The summed E-state index contributed by atoms with van der Waals surface area (Å²) in [5.74, 6) is 1.77. The lowest BCUT2D eigenvalue weighted by atomic mass is 10.2. The Balaban J connectivity index is 1.83. The van der Waals surface area contributed by atoms with Gasteiger partial charge in [-0.25, -0.2) is 4.79 Å². The molecule has 2 amide bonds. The van der Waals surface area contributed by atoms with Gasteiger partial charge < -0.3 is 19.5 Å². The van der Waals surface area contributed by atoms with E-state index in [-0.39, 0.29) is 6.03 Å². The zero-order chi connectivity index (χ0) is 17.1. The molecule has 1 aliphatic heterocycles. The lowest BCUT2D eigenvalue weighted by Gasteiger charge is -2.29. The van der Waals surface area contributed by atoms with Crippen molar-refractivity contribution < 1.29 is 19.0 Å². The third-order valence-corrected chi connectivity index (χ3v) is 3.90. The number of fused-ring (bicyclic) bond motifs is 1. The van der Waals surface area contributed by atoms with Crippen LogP contribution in [0.4, 0.5) is 16.2 Å². The van der Waals surface area contributed by atoms with Crippen molar-refractivity contribution >= 4 is 29.0 Å². The topological polar surface area (TPSA) is 60.0 Å². The molecule has 2 aromatic carbocycles. The lowest BCUT2D eigenvalue weighted by molar-refractivity contribution is 0.250. The molecule has 1 heterocycles. The predicted molar refractivity (Wildman–Crippen MR) is 92.9 cm³/mol. The highest BCUT2D eigenvalue weighted by Crippen LogP contribution is 2.35. The van der Waals surface area contributed by atoms with Crippen LogP contribution >= 0.6 is 11.6 Å². The summed E-state index contributed by atoms with van der Waals surface area (Å²) in [5.41, 5.74) is 1.25. The fourth-order valence-corrected chi connectivity index (χ4v) is 2.67. The summed E-state index contributed by atoms with van der Waals surface area (Å²) in [6.07, 6.45) is 0. The molecule has 0 spiro atoms. The van der Waals surface area contributed by atoms with Gasteiger partial charge in [-0.05, 0) is 30.3 Å². The van der Waals surface area contributed by atoms with Crippen LogP contribution in [-0.2, 0) is 0 Å². The van der Waals surface area contributed by atoms with Gasteiger partial charge >= 0.3 is 6.03 Å². The molecule has 0 unspecified atom stereocenters. The minimum atomic E-state index is -0.269. The van der Waals surface area contributed by atoms with Gasteiger partial charge in [0.2, 0.25) is 0 Å². The number of rotatable bonds is 3. The summed E-state index contributed by atoms with van der Waals surface area (Å²) < 4.78 is 16.0. The van der Waals surface area contributed by atoms with Gasteiger partial charge in [-0.15, -0.1) is 0 Å². The number of hydrogen-bond donors (Lipinski definition) is 1. The van der Waals surface area contributed by atoms with Crippen LogP contribution in [0.3, 0.4) is 0 Å². The molecule has 0 saturated heterocycles. The van der Waals surface area contributed by atoms with E-state index in [1.807, 2.05) is 0 Å². The highest BCUT2D eigenvalue weighted by atomic mass is 35.5. The van der Waals surface area contributed by atoms with Crippen molar-refractivity contribution in [3.63, 3.8) is 0 Å². The van der Waals surface area contributed by atoms with Crippen LogP contribution in [0.15, 0.2) is 36.4 Å². The van der Waals surface area contributed by atoms with E-state index in [1.165, 1.54) is 0 Å². The molecule has 24 heavy (non-hydrogen) atoms. The summed E-state index contributed by atoms with van der Waals surface area (Å²) in [6, 6.07) is 10.1. The summed E-state index contributed by atoms with van der Waals surface area (Å²) in [7, 11) is 3.11. The van der Waals surface area contributed by atoms with E-state index in [1.54, 1.807) is 55.5 Å². The van der Waals surface area contributed by atoms with Crippen LogP contribution in [0, 0.1) is 0 Å². The van der Waals surface area contributed by atoms with Gasteiger partial charge in [0.15, 0.2) is 11.5 Å². The van der Waals surface area contributed by atoms with E-state index in [0.29, 0.717) is 46.8 Å². The molecule has 0 atom stereocenters. The normalized spacial score (nSPS) is 12.9. The number of nitrogens with one attached hydrogen (secondary N) is 1. The molecule has 0 bridgehead atoms. The Morgan fingerprint density at radius 1 is 1.17 bits per heavy atom. The van der Waals surface area contributed by atoms with Crippen molar-refractivity contribution in [2.75, 3.05) is 37.6 Å². The second-order valence-corrected chi connectivity index (χ2v) is 5.55. The number of ether oxygens (including phenoxy) is 3. The van der Waals surface area contributed by atoms with Crippen molar-refractivity contribution in [1.29, 1.82) is 0 Å². The molecule has 1 N–H and O–H groups in total. The van der Waals surface area contributed by atoms with Crippen LogP contribution in [0.1, 0.15) is 0 Å². The van der Waals surface area contributed by atoms with Gasteiger partial charge in [-0.1, -0.05) is 11.6 Å². The van der Waals surface area contributed by atoms with E-state index < -0.39 is 0 Å². The maximum absolute atomic E-state index is 12.6. The fraction of sp³-hybridized carbons (Fsp3) is 0.235. The van der Waals surface area contributed by atoms with E-state index in [0.717, 1.165) is 0 Å². The van der Waals surface area contributed by atoms with E-state index in [9.17, 15) is 4.79 Å². The van der Waals surface area contributed by atoms with Gasteiger partial charge in [0.1, 0.15) is 12.4 Å². The summed E-state index contributed by atoms with van der Waals surface area (Å²) in [5, 5.41) is 3.40. The molecule has 126 valence electrons.